The molecule has 0 aliphatic rings. The molecule has 1 rings (SSSR count). The average Bonchev–Trinajstić information content (AvgIpc) is 3.24. The highest BCUT2D eigenvalue weighted by molar-refractivity contribution is 7.80. The van der Waals surface area contributed by atoms with Crippen LogP contribution in [0.3, 0.4) is 0 Å². The number of hydrogen-bond acceptors (Lipinski definition) is 8. The molecule has 0 bridgehead atoms. The monoisotopic (exact) mass is 485 g/mol. The van der Waals surface area contributed by atoms with Gasteiger partial charge in [0.25, 0.3) is 0 Å². The number of hydrogen-bond donors (Lipinski definition) is 8. The SMILES string of the molecule is CC(C)C(NC(=O)C(N)Cc1cnc[nH]1)C(=O)NC(CS)C(=O)NC(CCC(N)=O)C(=O)O. The van der Waals surface area contributed by atoms with E-state index in [2.05, 4.69) is 38.5 Å². The van der Waals surface area contributed by atoms with Crippen molar-refractivity contribution in [1.82, 2.24) is 25.9 Å². The smallest absolute Gasteiger partial charge is 0.326 e. The maximum absolute atomic E-state index is 12.8. The van der Waals surface area contributed by atoms with Crippen LogP contribution in [0.25, 0.3) is 0 Å². The lowest BCUT2D eigenvalue weighted by Gasteiger charge is -2.26. The summed E-state index contributed by atoms with van der Waals surface area (Å²) in [4.78, 5) is 66.7. The van der Waals surface area contributed by atoms with E-state index in [0.717, 1.165) is 0 Å². The second kappa shape index (κ2) is 13.4. The third kappa shape index (κ3) is 9.49. The first-order valence-electron chi connectivity index (χ1n) is 10.2. The fraction of sp³-hybridized carbons (Fsp3) is 0.579. The number of nitrogens with one attached hydrogen (secondary N) is 4. The number of carboxylic acid groups (broad SMARTS) is 1. The summed E-state index contributed by atoms with van der Waals surface area (Å²) in [5.41, 5.74) is 11.6. The summed E-state index contributed by atoms with van der Waals surface area (Å²) in [5, 5.41) is 16.5. The van der Waals surface area contributed by atoms with Crippen LogP contribution in [0.5, 0.6) is 0 Å². The van der Waals surface area contributed by atoms with Gasteiger partial charge in [-0.05, 0) is 12.3 Å². The van der Waals surface area contributed by atoms with Gasteiger partial charge in [-0.2, -0.15) is 12.6 Å². The number of thiol groups is 1. The molecule has 4 unspecified atom stereocenters. The van der Waals surface area contributed by atoms with Gasteiger partial charge in [0.1, 0.15) is 18.1 Å². The van der Waals surface area contributed by atoms with Gasteiger partial charge >= 0.3 is 5.97 Å². The summed E-state index contributed by atoms with van der Waals surface area (Å²) >= 11 is 4.05. The van der Waals surface area contributed by atoms with E-state index in [0.29, 0.717) is 5.69 Å². The minimum atomic E-state index is -1.37. The van der Waals surface area contributed by atoms with Crippen molar-refractivity contribution in [3.05, 3.63) is 18.2 Å². The Bertz CT molecular complexity index is 833. The first-order valence-corrected chi connectivity index (χ1v) is 10.8. The van der Waals surface area contributed by atoms with Gasteiger partial charge in [-0.3, -0.25) is 19.2 Å². The minimum absolute atomic E-state index is 0.141. The van der Waals surface area contributed by atoms with Gasteiger partial charge in [0.05, 0.1) is 12.4 Å². The summed E-state index contributed by atoms with van der Waals surface area (Å²) in [6.07, 6.45) is 2.72. The predicted octanol–water partition coefficient (Wildman–Crippen LogP) is -2.33. The first-order chi connectivity index (χ1) is 15.5. The molecule has 0 radical (unpaired) electrons. The molecule has 1 aromatic rings. The number of aromatic nitrogens is 2. The Labute approximate surface area is 196 Å². The third-order valence-electron chi connectivity index (χ3n) is 4.69. The summed E-state index contributed by atoms with van der Waals surface area (Å²) in [6.45, 7) is 3.40. The standard InChI is InChI=1S/C19H31N7O6S/c1-9(2)15(26-16(28)11(20)5-10-6-22-8-23-10)18(30)25-13(7-33)17(29)24-12(19(31)32)3-4-14(21)27/h6,8-9,11-13,15,33H,3-5,7,20H2,1-2H3,(H2,21,27)(H,22,23)(H,24,29)(H,25,30)(H,26,28)(H,31,32). The molecule has 0 aromatic carbocycles. The zero-order valence-corrected chi connectivity index (χ0v) is 19.3. The molecule has 0 saturated heterocycles. The largest absolute Gasteiger partial charge is 0.480 e. The van der Waals surface area contributed by atoms with Crippen molar-refractivity contribution in [3.63, 3.8) is 0 Å². The Morgan fingerprint density at radius 2 is 1.73 bits per heavy atom. The molecule has 9 N–H and O–H groups in total. The quantitative estimate of drug-likeness (QED) is 0.133. The zero-order chi connectivity index (χ0) is 25.1. The lowest BCUT2D eigenvalue weighted by Crippen LogP contribution is -2.59. The van der Waals surface area contributed by atoms with Gasteiger partial charge in [-0.15, -0.1) is 0 Å². The molecule has 0 saturated carbocycles. The van der Waals surface area contributed by atoms with Crippen molar-refractivity contribution in [1.29, 1.82) is 0 Å². The second-order valence-corrected chi connectivity index (χ2v) is 8.13. The summed E-state index contributed by atoms with van der Waals surface area (Å²) < 4.78 is 0. The van der Waals surface area contributed by atoms with Crippen LogP contribution in [0.4, 0.5) is 0 Å². The van der Waals surface area contributed by atoms with Gasteiger partial charge in [0.2, 0.25) is 23.6 Å². The Balaban J connectivity index is 2.77. The molecule has 13 nitrogen and oxygen atoms in total. The van der Waals surface area contributed by atoms with Crippen LogP contribution in [-0.2, 0) is 30.4 Å². The van der Waals surface area contributed by atoms with Crippen molar-refractivity contribution < 1.29 is 29.1 Å². The van der Waals surface area contributed by atoms with Crippen LogP contribution in [0.15, 0.2) is 12.5 Å². The number of carbonyl (C=O) groups excluding carboxylic acids is 4. The molecular weight excluding hydrogens is 454 g/mol. The molecule has 14 heteroatoms. The summed E-state index contributed by atoms with van der Waals surface area (Å²) in [7, 11) is 0. The molecule has 4 atom stereocenters. The van der Waals surface area contributed by atoms with Gasteiger partial charge in [0, 0.05) is 30.5 Å². The van der Waals surface area contributed by atoms with Crippen molar-refractivity contribution in [3.8, 4) is 0 Å². The van der Waals surface area contributed by atoms with Gasteiger partial charge in [-0.1, -0.05) is 13.8 Å². The van der Waals surface area contributed by atoms with Crippen molar-refractivity contribution in [2.45, 2.75) is 57.3 Å². The second-order valence-electron chi connectivity index (χ2n) is 7.77. The normalized spacial score (nSPS) is 14.6. The lowest BCUT2D eigenvalue weighted by atomic mass is 10.0. The number of rotatable bonds is 14. The molecule has 0 fully saturated rings. The van der Waals surface area contributed by atoms with Crippen molar-refractivity contribution >= 4 is 42.2 Å². The van der Waals surface area contributed by atoms with E-state index in [1.54, 1.807) is 13.8 Å². The van der Waals surface area contributed by atoms with Crippen LogP contribution >= 0.6 is 12.6 Å². The lowest BCUT2D eigenvalue weighted by molar-refractivity contribution is -0.142. The molecule has 0 aliphatic carbocycles. The summed E-state index contributed by atoms with van der Waals surface area (Å²) in [5.74, 6) is -4.59. The number of nitrogens with zero attached hydrogens (tertiary/aromatic N) is 1. The van der Waals surface area contributed by atoms with Crippen LogP contribution in [0.2, 0.25) is 0 Å². The summed E-state index contributed by atoms with van der Waals surface area (Å²) in [6, 6.07) is -4.51. The highest BCUT2D eigenvalue weighted by Crippen LogP contribution is 2.06. The fourth-order valence-electron chi connectivity index (χ4n) is 2.79. The third-order valence-corrected chi connectivity index (χ3v) is 5.05. The number of aliphatic carboxylic acids is 1. The average molecular weight is 486 g/mol. The van der Waals surface area contributed by atoms with Crippen LogP contribution in [-0.4, -0.2) is 74.6 Å². The van der Waals surface area contributed by atoms with E-state index >= 15 is 0 Å². The molecule has 0 spiro atoms. The molecule has 184 valence electrons. The first kappa shape index (κ1) is 27.9. The number of carboxylic acids is 1. The van der Waals surface area contributed by atoms with Crippen LogP contribution < -0.4 is 27.4 Å². The number of amides is 4. The van der Waals surface area contributed by atoms with Crippen molar-refractivity contribution in [2.75, 3.05) is 5.75 Å². The Morgan fingerprint density at radius 1 is 1.09 bits per heavy atom. The van der Waals surface area contributed by atoms with E-state index < -0.39 is 53.8 Å². The van der Waals surface area contributed by atoms with E-state index in [-0.39, 0.29) is 30.9 Å². The highest BCUT2D eigenvalue weighted by Gasteiger charge is 2.31. The Hall–Kier alpha value is -3.13. The minimum Gasteiger partial charge on any atom is -0.480 e. The Kier molecular flexibility index (Phi) is 11.4. The van der Waals surface area contributed by atoms with Crippen LogP contribution in [0, 0.1) is 5.92 Å². The number of aromatic amines is 1. The van der Waals surface area contributed by atoms with Crippen molar-refractivity contribution in [2.24, 2.45) is 17.4 Å². The van der Waals surface area contributed by atoms with E-state index in [1.807, 2.05) is 0 Å². The van der Waals surface area contributed by atoms with E-state index in [9.17, 15) is 29.1 Å². The molecular formula is C19H31N7O6S. The molecule has 0 aliphatic heterocycles. The maximum atomic E-state index is 12.8. The molecule has 33 heavy (non-hydrogen) atoms. The molecule has 4 amide bonds. The van der Waals surface area contributed by atoms with Gasteiger partial charge in [-0.25, -0.2) is 9.78 Å². The molecule has 1 aromatic heterocycles. The number of H-pyrrole nitrogens is 1. The van der Waals surface area contributed by atoms with Crippen LogP contribution in [0.1, 0.15) is 32.4 Å². The van der Waals surface area contributed by atoms with Gasteiger partial charge in [0.15, 0.2) is 0 Å². The number of imidazole rings is 1. The highest BCUT2D eigenvalue weighted by atomic mass is 32.1. The number of primary amides is 1. The Morgan fingerprint density at radius 3 is 2.21 bits per heavy atom. The topological polar surface area (TPSA) is 222 Å². The number of nitrogens with two attached hydrogens (primary N) is 2. The van der Waals surface area contributed by atoms with E-state index in [1.165, 1.54) is 12.5 Å². The molecule has 1 heterocycles. The fourth-order valence-corrected chi connectivity index (χ4v) is 3.05. The predicted molar refractivity (Wildman–Crippen MR) is 121 cm³/mol. The van der Waals surface area contributed by atoms with Gasteiger partial charge < -0.3 is 37.5 Å². The zero-order valence-electron chi connectivity index (χ0n) is 18.4. The van der Waals surface area contributed by atoms with E-state index in [4.69, 9.17) is 11.5 Å². The number of carbonyl (C=O) groups is 5. The maximum Gasteiger partial charge on any atom is 0.326 e.